The Labute approximate surface area is 133 Å². The minimum atomic E-state index is -3.30. The lowest BCUT2D eigenvalue weighted by molar-refractivity contribution is 0.254. The smallest absolute Gasteiger partial charge is 0.279 e. The number of nitrogens with zero attached hydrogens (tertiary/aromatic N) is 1. The molecule has 2 aliphatic rings. The second-order valence-corrected chi connectivity index (χ2v) is 9.58. The summed E-state index contributed by atoms with van der Waals surface area (Å²) in [6.07, 6.45) is 4.42. The van der Waals surface area contributed by atoms with Crippen molar-refractivity contribution < 1.29 is 8.42 Å². The number of piperidine rings is 1. The van der Waals surface area contributed by atoms with E-state index in [0.717, 1.165) is 25.8 Å². The lowest BCUT2D eigenvalue weighted by atomic mass is 9.99. The quantitative estimate of drug-likeness (QED) is 0.739. The van der Waals surface area contributed by atoms with E-state index in [4.69, 9.17) is 0 Å². The molecule has 21 heavy (non-hydrogen) atoms. The molecule has 2 saturated heterocycles. The maximum atomic E-state index is 12.4. The van der Waals surface area contributed by atoms with Crippen LogP contribution in [0.4, 0.5) is 0 Å². The van der Waals surface area contributed by atoms with Gasteiger partial charge in [-0.25, -0.2) is 4.72 Å². The van der Waals surface area contributed by atoms with Crippen LogP contribution in [0.25, 0.3) is 0 Å². The van der Waals surface area contributed by atoms with E-state index in [9.17, 15) is 8.42 Å². The van der Waals surface area contributed by atoms with Crippen molar-refractivity contribution in [3.8, 4) is 0 Å². The van der Waals surface area contributed by atoms with Gasteiger partial charge >= 0.3 is 0 Å². The van der Waals surface area contributed by atoms with Crippen LogP contribution in [0.2, 0.25) is 0 Å². The van der Waals surface area contributed by atoms with Crippen LogP contribution in [0.15, 0.2) is 0 Å². The maximum Gasteiger partial charge on any atom is 0.279 e. The second-order valence-electron chi connectivity index (χ2n) is 6.42. The van der Waals surface area contributed by atoms with Crippen molar-refractivity contribution in [2.75, 3.05) is 31.9 Å². The van der Waals surface area contributed by atoms with Crippen LogP contribution in [0.3, 0.4) is 0 Å². The topological polar surface area (TPSA) is 61.4 Å². The highest BCUT2D eigenvalue weighted by atomic mass is 32.2. The molecule has 2 fully saturated rings. The van der Waals surface area contributed by atoms with Crippen LogP contribution < -0.4 is 10.0 Å². The first kappa shape index (κ1) is 17.5. The molecule has 0 bridgehead atoms. The van der Waals surface area contributed by atoms with Gasteiger partial charge < -0.3 is 5.32 Å². The van der Waals surface area contributed by atoms with E-state index in [-0.39, 0.29) is 0 Å². The first-order valence-corrected chi connectivity index (χ1v) is 10.6. The van der Waals surface area contributed by atoms with Crippen LogP contribution in [0.1, 0.15) is 39.5 Å². The highest BCUT2D eigenvalue weighted by Gasteiger charge is 2.29. The van der Waals surface area contributed by atoms with Crippen LogP contribution in [0.5, 0.6) is 0 Å². The molecular formula is C14H29N3O2S2. The second kappa shape index (κ2) is 8.15. The SMILES string of the molecule is CC(C)NCC1CCCN(S(=O)(=O)NCC2CCCS2)C1. The lowest BCUT2D eigenvalue weighted by Gasteiger charge is -2.32. The van der Waals surface area contributed by atoms with E-state index in [1.807, 2.05) is 11.8 Å². The first-order valence-electron chi connectivity index (χ1n) is 8.07. The summed E-state index contributed by atoms with van der Waals surface area (Å²) in [5.41, 5.74) is 0. The van der Waals surface area contributed by atoms with E-state index in [1.165, 1.54) is 12.2 Å². The molecule has 7 heteroatoms. The fraction of sp³-hybridized carbons (Fsp3) is 1.00. The first-order chi connectivity index (χ1) is 9.97. The third-order valence-corrected chi connectivity index (χ3v) is 7.09. The van der Waals surface area contributed by atoms with Crippen LogP contribution in [-0.4, -0.2) is 55.9 Å². The average Bonchev–Trinajstić information content (AvgIpc) is 2.97. The minimum absolute atomic E-state index is 0.429. The minimum Gasteiger partial charge on any atom is -0.314 e. The Hall–Kier alpha value is 0.180. The van der Waals surface area contributed by atoms with E-state index in [0.29, 0.717) is 36.8 Å². The molecule has 0 aromatic carbocycles. The van der Waals surface area contributed by atoms with Crippen molar-refractivity contribution in [1.82, 2.24) is 14.3 Å². The van der Waals surface area contributed by atoms with Crippen molar-refractivity contribution >= 4 is 22.0 Å². The molecule has 0 spiro atoms. The van der Waals surface area contributed by atoms with Crippen LogP contribution in [-0.2, 0) is 10.2 Å². The molecule has 2 heterocycles. The van der Waals surface area contributed by atoms with E-state index >= 15 is 0 Å². The van der Waals surface area contributed by atoms with Gasteiger partial charge in [0.05, 0.1) is 0 Å². The Morgan fingerprint density at radius 2 is 2.05 bits per heavy atom. The maximum absolute atomic E-state index is 12.4. The summed E-state index contributed by atoms with van der Waals surface area (Å²) >= 11 is 1.89. The van der Waals surface area contributed by atoms with Gasteiger partial charge in [-0.2, -0.15) is 24.5 Å². The molecule has 2 rings (SSSR count). The molecule has 0 saturated carbocycles. The Kier molecular flexibility index (Phi) is 6.80. The van der Waals surface area contributed by atoms with Gasteiger partial charge in [0.15, 0.2) is 0 Å². The van der Waals surface area contributed by atoms with Crippen molar-refractivity contribution in [1.29, 1.82) is 0 Å². The Morgan fingerprint density at radius 1 is 1.24 bits per heavy atom. The van der Waals surface area contributed by atoms with Crippen molar-refractivity contribution in [3.63, 3.8) is 0 Å². The molecule has 2 atom stereocenters. The summed E-state index contributed by atoms with van der Waals surface area (Å²) in [5.74, 6) is 1.59. The van der Waals surface area contributed by atoms with Crippen molar-refractivity contribution in [3.05, 3.63) is 0 Å². The van der Waals surface area contributed by atoms with Gasteiger partial charge in [-0.1, -0.05) is 13.8 Å². The van der Waals surface area contributed by atoms with E-state index in [2.05, 4.69) is 23.9 Å². The Bertz CT molecular complexity index is 408. The molecule has 0 amide bonds. The van der Waals surface area contributed by atoms with Crippen molar-refractivity contribution in [2.45, 2.75) is 50.8 Å². The highest BCUT2D eigenvalue weighted by molar-refractivity contribution is 8.00. The van der Waals surface area contributed by atoms with Gasteiger partial charge in [0.25, 0.3) is 10.2 Å². The molecule has 0 aromatic rings. The molecular weight excluding hydrogens is 306 g/mol. The third-order valence-electron chi connectivity index (χ3n) is 4.15. The fourth-order valence-corrected chi connectivity index (χ4v) is 5.59. The molecule has 0 aromatic heterocycles. The largest absolute Gasteiger partial charge is 0.314 e. The summed E-state index contributed by atoms with van der Waals surface area (Å²) in [5, 5.41) is 3.88. The zero-order valence-corrected chi connectivity index (χ0v) is 14.8. The van der Waals surface area contributed by atoms with Gasteiger partial charge in [0.1, 0.15) is 0 Å². The zero-order valence-electron chi connectivity index (χ0n) is 13.2. The molecule has 5 nitrogen and oxygen atoms in total. The molecule has 2 aliphatic heterocycles. The van der Waals surface area contributed by atoms with Crippen molar-refractivity contribution in [2.24, 2.45) is 5.92 Å². The van der Waals surface area contributed by atoms with Crippen LogP contribution >= 0.6 is 11.8 Å². The predicted molar refractivity (Wildman–Crippen MR) is 89.8 cm³/mol. The average molecular weight is 336 g/mol. The lowest BCUT2D eigenvalue weighted by Crippen LogP contribution is -2.49. The summed E-state index contributed by atoms with van der Waals surface area (Å²) in [4.78, 5) is 0. The Balaban J connectivity index is 1.80. The van der Waals surface area contributed by atoms with Gasteiger partial charge in [-0.3, -0.25) is 0 Å². The number of hydrogen-bond donors (Lipinski definition) is 2. The number of hydrogen-bond acceptors (Lipinski definition) is 4. The predicted octanol–water partition coefficient (Wildman–Crippen LogP) is 1.43. The number of thioether (sulfide) groups is 1. The van der Waals surface area contributed by atoms with Gasteiger partial charge in [-0.05, 0) is 43.9 Å². The highest BCUT2D eigenvalue weighted by Crippen LogP contribution is 2.25. The molecule has 0 aliphatic carbocycles. The molecule has 0 radical (unpaired) electrons. The summed E-state index contributed by atoms with van der Waals surface area (Å²) < 4.78 is 29.3. The van der Waals surface area contributed by atoms with Gasteiger partial charge in [0, 0.05) is 30.9 Å². The van der Waals surface area contributed by atoms with Crippen LogP contribution in [0, 0.1) is 5.92 Å². The fourth-order valence-electron chi connectivity index (χ4n) is 2.91. The third kappa shape index (κ3) is 5.71. The summed E-state index contributed by atoms with van der Waals surface area (Å²) in [6.45, 7) is 7.04. The Morgan fingerprint density at radius 3 is 2.71 bits per heavy atom. The number of rotatable bonds is 7. The zero-order chi connectivity index (χ0) is 15.3. The molecule has 124 valence electrons. The van der Waals surface area contributed by atoms with Gasteiger partial charge in [0.2, 0.25) is 0 Å². The molecule has 2 unspecified atom stereocenters. The monoisotopic (exact) mass is 335 g/mol. The normalized spacial score (nSPS) is 28.3. The van der Waals surface area contributed by atoms with Gasteiger partial charge in [-0.15, -0.1) is 0 Å². The molecule has 2 N–H and O–H groups in total. The summed E-state index contributed by atoms with van der Waals surface area (Å²) in [7, 11) is -3.30. The van der Waals surface area contributed by atoms with E-state index in [1.54, 1.807) is 4.31 Å². The standard InChI is InChI=1S/C14H29N3O2S2/c1-12(2)15-9-13-5-3-7-17(11-13)21(18,19)16-10-14-6-4-8-20-14/h12-16H,3-11H2,1-2H3. The number of nitrogens with one attached hydrogen (secondary N) is 2. The van der Waals surface area contributed by atoms with E-state index < -0.39 is 10.2 Å². The summed E-state index contributed by atoms with van der Waals surface area (Å²) in [6, 6.07) is 0.453.